The lowest BCUT2D eigenvalue weighted by Crippen LogP contribution is -2.54. The molecule has 1 aliphatic rings. The Morgan fingerprint density at radius 3 is 2.35 bits per heavy atom. The fourth-order valence-electron chi connectivity index (χ4n) is 3.44. The van der Waals surface area contributed by atoms with Crippen molar-refractivity contribution >= 4 is 5.91 Å². The highest BCUT2D eigenvalue weighted by Gasteiger charge is 2.37. The van der Waals surface area contributed by atoms with E-state index in [0.717, 1.165) is 45.6 Å². The van der Waals surface area contributed by atoms with Gasteiger partial charge in [0.2, 0.25) is 5.91 Å². The summed E-state index contributed by atoms with van der Waals surface area (Å²) in [5.74, 6) is 0.250. The number of benzene rings is 1. The molecule has 1 aromatic rings. The molecule has 128 valence electrons. The normalized spacial score (nSPS) is 16.6. The average Bonchev–Trinajstić information content (AvgIpc) is 2.57. The highest BCUT2D eigenvalue weighted by atomic mass is 16.2. The number of carbonyl (C=O) groups excluding carboxylic acids is 1. The highest BCUT2D eigenvalue weighted by Crippen LogP contribution is 2.28. The number of aryl methyl sites for hydroxylation is 1. The van der Waals surface area contributed by atoms with Crippen LogP contribution in [-0.4, -0.2) is 48.4 Å². The predicted molar refractivity (Wildman–Crippen MR) is 95.1 cm³/mol. The molecule has 0 radical (unpaired) electrons. The second-order valence-corrected chi connectivity index (χ2v) is 6.75. The van der Waals surface area contributed by atoms with Gasteiger partial charge in [0.15, 0.2) is 0 Å². The van der Waals surface area contributed by atoms with Gasteiger partial charge < -0.3 is 10.6 Å². The van der Waals surface area contributed by atoms with Gasteiger partial charge in [-0.1, -0.05) is 43.7 Å². The van der Waals surface area contributed by atoms with Crippen molar-refractivity contribution in [1.29, 1.82) is 0 Å². The van der Waals surface area contributed by atoms with Crippen LogP contribution in [0.25, 0.3) is 0 Å². The summed E-state index contributed by atoms with van der Waals surface area (Å²) in [7, 11) is 0. The minimum absolute atomic E-state index is 0.250. The van der Waals surface area contributed by atoms with Gasteiger partial charge in [-0.15, -0.1) is 0 Å². The van der Waals surface area contributed by atoms with E-state index in [4.69, 9.17) is 5.73 Å². The number of hydrogen-bond donors (Lipinski definition) is 1. The van der Waals surface area contributed by atoms with Crippen LogP contribution in [0.1, 0.15) is 37.8 Å². The van der Waals surface area contributed by atoms with Crippen LogP contribution in [0, 0.1) is 12.3 Å². The molecule has 0 unspecified atom stereocenters. The van der Waals surface area contributed by atoms with Gasteiger partial charge in [-0.2, -0.15) is 0 Å². The summed E-state index contributed by atoms with van der Waals surface area (Å²) >= 11 is 0. The molecule has 2 N–H and O–H groups in total. The van der Waals surface area contributed by atoms with Crippen LogP contribution in [0.15, 0.2) is 24.3 Å². The highest BCUT2D eigenvalue weighted by molar-refractivity contribution is 5.83. The minimum atomic E-state index is -0.362. The van der Waals surface area contributed by atoms with Crippen LogP contribution in [0.3, 0.4) is 0 Å². The van der Waals surface area contributed by atoms with Gasteiger partial charge in [-0.25, -0.2) is 0 Å². The van der Waals surface area contributed by atoms with E-state index < -0.39 is 0 Å². The number of nitrogens with zero attached hydrogens (tertiary/aromatic N) is 2. The lowest BCUT2D eigenvalue weighted by atomic mass is 9.81. The first-order valence-electron chi connectivity index (χ1n) is 8.82. The Hall–Kier alpha value is -1.39. The van der Waals surface area contributed by atoms with Crippen molar-refractivity contribution in [1.82, 2.24) is 9.80 Å². The van der Waals surface area contributed by atoms with Crippen molar-refractivity contribution in [3.8, 4) is 0 Å². The number of rotatable bonds is 6. The predicted octanol–water partition coefficient (Wildman–Crippen LogP) is 2.40. The molecular weight excluding hydrogens is 286 g/mol. The Bertz CT molecular complexity index is 509. The zero-order chi connectivity index (χ0) is 16.9. The third-order valence-electron chi connectivity index (χ3n) is 5.35. The smallest absolute Gasteiger partial charge is 0.230 e. The molecule has 4 heteroatoms. The molecule has 0 saturated carbocycles. The van der Waals surface area contributed by atoms with Gasteiger partial charge >= 0.3 is 0 Å². The number of nitrogens with two attached hydrogens (primary N) is 1. The molecule has 0 aliphatic carbocycles. The summed E-state index contributed by atoms with van der Waals surface area (Å²) in [5.41, 5.74) is 8.21. The zero-order valence-electron chi connectivity index (χ0n) is 14.8. The Balaban J connectivity index is 1.92. The van der Waals surface area contributed by atoms with E-state index in [1.54, 1.807) is 0 Å². The van der Waals surface area contributed by atoms with E-state index in [9.17, 15) is 4.79 Å². The largest absolute Gasteiger partial charge is 0.340 e. The molecule has 23 heavy (non-hydrogen) atoms. The third-order valence-corrected chi connectivity index (χ3v) is 5.35. The standard InChI is InChI=1S/C19H31N3O/c1-4-19(5-2,15-20)18(23)22-11-9-21(10-12-22)14-17-8-6-7-16(3)13-17/h6-8,13H,4-5,9-12,14-15,20H2,1-3H3. The van der Waals surface area contributed by atoms with E-state index in [2.05, 4.69) is 49.9 Å². The van der Waals surface area contributed by atoms with Crippen molar-refractivity contribution in [2.75, 3.05) is 32.7 Å². The first-order valence-corrected chi connectivity index (χ1v) is 8.82. The number of carbonyl (C=O) groups is 1. The summed E-state index contributed by atoms with van der Waals surface area (Å²) in [6.07, 6.45) is 1.64. The Morgan fingerprint density at radius 1 is 1.17 bits per heavy atom. The van der Waals surface area contributed by atoms with Crippen molar-refractivity contribution < 1.29 is 4.79 Å². The van der Waals surface area contributed by atoms with E-state index in [1.165, 1.54) is 11.1 Å². The van der Waals surface area contributed by atoms with Gasteiger partial charge in [-0.05, 0) is 25.3 Å². The van der Waals surface area contributed by atoms with Crippen molar-refractivity contribution in [2.45, 2.75) is 40.2 Å². The SMILES string of the molecule is CCC(CC)(CN)C(=O)N1CCN(Cc2cccc(C)c2)CC1. The number of hydrogen-bond acceptors (Lipinski definition) is 3. The summed E-state index contributed by atoms with van der Waals surface area (Å²) < 4.78 is 0. The van der Waals surface area contributed by atoms with Crippen LogP contribution >= 0.6 is 0 Å². The molecule has 1 heterocycles. The molecule has 0 atom stereocenters. The molecule has 0 spiro atoms. The molecular formula is C19H31N3O. The molecule has 1 saturated heterocycles. The molecule has 1 amide bonds. The summed E-state index contributed by atoms with van der Waals surface area (Å²) in [4.78, 5) is 17.3. The van der Waals surface area contributed by atoms with Crippen LogP contribution in [0.2, 0.25) is 0 Å². The molecule has 1 aromatic carbocycles. The first kappa shape index (κ1) is 18.0. The fraction of sp³-hybridized carbons (Fsp3) is 0.632. The van der Waals surface area contributed by atoms with Gasteiger partial charge in [0.1, 0.15) is 0 Å². The topological polar surface area (TPSA) is 49.6 Å². The van der Waals surface area contributed by atoms with E-state index >= 15 is 0 Å². The Morgan fingerprint density at radius 2 is 1.83 bits per heavy atom. The van der Waals surface area contributed by atoms with Crippen LogP contribution in [0.4, 0.5) is 0 Å². The number of piperazine rings is 1. The van der Waals surface area contributed by atoms with Gasteiger partial charge in [-0.3, -0.25) is 9.69 Å². The van der Waals surface area contributed by atoms with Gasteiger partial charge in [0.25, 0.3) is 0 Å². The van der Waals surface area contributed by atoms with Gasteiger partial charge in [0.05, 0.1) is 5.41 Å². The van der Waals surface area contributed by atoms with Gasteiger partial charge in [0, 0.05) is 39.3 Å². The fourth-order valence-corrected chi connectivity index (χ4v) is 3.44. The van der Waals surface area contributed by atoms with E-state index in [1.807, 2.05) is 4.90 Å². The van der Waals surface area contributed by atoms with Crippen molar-refractivity contribution in [2.24, 2.45) is 11.1 Å². The Labute approximate surface area is 140 Å². The maximum atomic E-state index is 12.9. The summed E-state index contributed by atoms with van der Waals surface area (Å²) in [6, 6.07) is 8.66. The van der Waals surface area contributed by atoms with Crippen LogP contribution in [0.5, 0.6) is 0 Å². The van der Waals surface area contributed by atoms with Crippen molar-refractivity contribution in [3.63, 3.8) is 0 Å². The zero-order valence-corrected chi connectivity index (χ0v) is 14.8. The molecule has 1 aliphatic heterocycles. The van der Waals surface area contributed by atoms with Crippen molar-refractivity contribution in [3.05, 3.63) is 35.4 Å². The average molecular weight is 317 g/mol. The summed E-state index contributed by atoms with van der Waals surface area (Å²) in [6.45, 7) is 11.2. The lowest BCUT2D eigenvalue weighted by Gasteiger charge is -2.40. The second-order valence-electron chi connectivity index (χ2n) is 6.75. The third kappa shape index (κ3) is 4.12. The lowest BCUT2D eigenvalue weighted by molar-refractivity contribution is -0.144. The molecule has 4 nitrogen and oxygen atoms in total. The van der Waals surface area contributed by atoms with Crippen LogP contribution < -0.4 is 5.73 Å². The molecule has 2 rings (SSSR count). The Kier molecular flexibility index (Phi) is 6.19. The number of amides is 1. The maximum absolute atomic E-state index is 12.9. The monoisotopic (exact) mass is 317 g/mol. The molecule has 1 fully saturated rings. The maximum Gasteiger partial charge on any atom is 0.230 e. The van der Waals surface area contributed by atoms with Crippen LogP contribution in [-0.2, 0) is 11.3 Å². The van der Waals surface area contributed by atoms with E-state index in [0.29, 0.717) is 6.54 Å². The summed E-state index contributed by atoms with van der Waals surface area (Å²) in [5, 5.41) is 0. The second kappa shape index (κ2) is 7.93. The van der Waals surface area contributed by atoms with E-state index in [-0.39, 0.29) is 11.3 Å². The molecule has 0 aromatic heterocycles. The minimum Gasteiger partial charge on any atom is -0.340 e. The quantitative estimate of drug-likeness (QED) is 0.876. The first-order chi connectivity index (χ1) is 11.0. The molecule has 0 bridgehead atoms.